The average Bonchev–Trinajstić information content (AvgIpc) is 3.07. The van der Waals surface area contributed by atoms with Crippen LogP contribution in [0, 0.1) is 5.92 Å². The molecule has 0 aliphatic rings. The van der Waals surface area contributed by atoms with E-state index < -0.39 is 6.04 Å². The van der Waals surface area contributed by atoms with E-state index in [1.165, 1.54) is 4.90 Å². The predicted octanol–water partition coefficient (Wildman–Crippen LogP) is -0.207. The number of hydrogen-bond donors (Lipinski definition) is 2. The first-order chi connectivity index (χ1) is 23.3. The number of aldehydes is 2. The normalized spacial score (nSPS) is 11.8. The lowest BCUT2D eigenvalue weighted by Gasteiger charge is -2.16. The number of nitrogens with zero attached hydrogens (tertiary/aromatic N) is 1. The Kier molecular flexibility index (Phi) is 32.5. The molecule has 0 aromatic heterocycles. The van der Waals surface area contributed by atoms with Crippen molar-refractivity contribution in [3.05, 3.63) is 0 Å². The van der Waals surface area contributed by atoms with Gasteiger partial charge in [-0.2, -0.15) is 0 Å². The Balaban J connectivity index is 3.27. The summed E-state index contributed by atoms with van der Waals surface area (Å²) in [6.07, 6.45) is 2.17. The van der Waals surface area contributed by atoms with Gasteiger partial charge in [-0.25, -0.2) is 0 Å². The minimum absolute atomic E-state index is 0.0506. The zero-order valence-corrected chi connectivity index (χ0v) is 29.1. The van der Waals surface area contributed by atoms with E-state index in [0.29, 0.717) is 118 Å². The van der Waals surface area contributed by atoms with E-state index in [4.69, 9.17) is 37.9 Å². The van der Waals surface area contributed by atoms with Crippen molar-refractivity contribution in [2.45, 2.75) is 45.6 Å². The highest BCUT2D eigenvalue weighted by Gasteiger charge is 2.14. The zero-order valence-electron chi connectivity index (χ0n) is 29.1. The molecule has 1 atom stereocenters. The molecule has 0 aliphatic carbocycles. The maximum Gasteiger partial charge on any atom is 0.222 e. The lowest BCUT2D eigenvalue weighted by molar-refractivity contribution is -0.131. The molecule has 16 nitrogen and oxygen atoms in total. The summed E-state index contributed by atoms with van der Waals surface area (Å²) in [7, 11) is 1.61. The molecule has 0 fully saturated rings. The van der Waals surface area contributed by atoms with E-state index in [9.17, 15) is 24.0 Å². The van der Waals surface area contributed by atoms with Crippen molar-refractivity contribution in [3.8, 4) is 0 Å². The van der Waals surface area contributed by atoms with Crippen molar-refractivity contribution < 1.29 is 61.9 Å². The van der Waals surface area contributed by atoms with Gasteiger partial charge in [0, 0.05) is 45.8 Å². The van der Waals surface area contributed by atoms with Crippen LogP contribution in [0.2, 0.25) is 0 Å². The van der Waals surface area contributed by atoms with Crippen LogP contribution in [0.25, 0.3) is 0 Å². The highest BCUT2D eigenvalue weighted by atomic mass is 16.6. The molecule has 280 valence electrons. The van der Waals surface area contributed by atoms with Crippen LogP contribution < -0.4 is 10.6 Å². The van der Waals surface area contributed by atoms with Gasteiger partial charge >= 0.3 is 0 Å². The molecule has 0 heterocycles. The number of carbonyl (C=O) groups excluding carboxylic acids is 5. The van der Waals surface area contributed by atoms with Gasteiger partial charge in [0.15, 0.2) is 0 Å². The molecule has 0 bridgehead atoms. The number of carbonyl (C=O) groups is 5. The molecule has 0 rings (SSSR count). The number of rotatable bonds is 36. The lowest BCUT2D eigenvalue weighted by atomic mass is 10.1. The molecule has 0 saturated carbocycles. The van der Waals surface area contributed by atoms with Crippen molar-refractivity contribution in [2.75, 3.05) is 126 Å². The largest absolute Gasteiger partial charge is 0.379 e. The third kappa shape index (κ3) is 30.7. The summed E-state index contributed by atoms with van der Waals surface area (Å²) in [6.45, 7) is 11.1. The Labute approximate surface area is 285 Å². The summed E-state index contributed by atoms with van der Waals surface area (Å²) in [5.41, 5.74) is 0. The summed E-state index contributed by atoms with van der Waals surface area (Å²) in [4.78, 5) is 58.0. The fraction of sp³-hybridized carbons (Fsp3) is 0.844. The van der Waals surface area contributed by atoms with E-state index in [1.54, 1.807) is 7.05 Å². The van der Waals surface area contributed by atoms with Gasteiger partial charge in [-0.3, -0.25) is 14.4 Å². The van der Waals surface area contributed by atoms with Crippen molar-refractivity contribution in [1.82, 2.24) is 15.5 Å². The smallest absolute Gasteiger partial charge is 0.222 e. The van der Waals surface area contributed by atoms with Crippen LogP contribution in [-0.4, -0.2) is 167 Å². The SMILES string of the molecule is CC(C)C(C=O)NC(=O)CCOCCOCCOCCOCCOCCOCCOCCOCCNC(=O)CCN(C)C(=O)CCC=O. The maximum absolute atomic E-state index is 11.8. The second-order valence-electron chi connectivity index (χ2n) is 10.7. The Morgan fingerprint density at radius 1 is 0.583 bits per heavy atom. The van der Waals surface area contributed by atoms with Gasteiger partial charge in [-0.15, -0.1) is 0 Å². The molecule has 48 heavy (non-hydrogen) atoms. The van der Waals surface area contributed by atoms with E-state index in [-0.39, 0.29) is 55.9 Å². The van der Waals surface area contributed by atoms with Gasteiger partial charge in [-0.05, 0) is 5.92 Å². The maximum atomic E-state index is 11.8. The molecule has 2 N–H and O–H groups in total. The molecule has 1 unspecified atom stereocenters. The number of amides is 3. The van der Waals surface area contributed by atoms with E-state index in [0.717, 1.165) is 6.29 Å². The van der Waals surface area contributed by atoms with Crippen LogP contribution >= 0.6 is 0 Å². The van der Waals surface area contributed by atoms with Crippen LogP contribution in [0.5, 0.6) is 0 Å². The van der Waals surface area contributed by atoms with E-state index in [2.05, 4.69) is 10.6 Å². The van der Waals surface area contributed by atoms with Gasteiger partial charge in [0.25, 0.3) is 0 Å². The topological polar surface area (TPSA) is 186 Å². The van der Waals surface area contributed by atoms with Crippen LogP contribution in [-0.2, 0) is 61.9 Å². The molecule has 3 amide bonds. The molecule has 0 spiro atoms. The zero-order chi connectivity index (χ0) is 35.5. The van der Waals surface area contributed by atoms with Gasteiger partial charge in [0.2, 0.25) is 17.7 Å². The molecular weight excluding hydrogens is 634 g/mol. The fourth-order valence-corrected chi connectivity index (χ4v) is 3.54. The molecule has 0 radical (unpaired) electrons. The second kappa shape index (κ2) is 34.3. The van der Waals surface area contributed by atoms with Crippen molar-refractivity contribution in [2.24, 2.45) is 5.92 Å². The number of ether oxygens (including phenoxy) is 8. The van der Waals surface area contributed by atoms with E-state index in [1.807, 2.05) is 13.8 Å². The highest BCUT2D eigenvalue weighted by molar-refractivity contribution is 5.80. The first kappa shape index (κ1) is 45.4. The van der Waals surface area contributed by atoms with Crippen LogP contribution in [0.4, 0.5) is 0 Å². The summed E-state index contributed by atoms with van der Waals surface area (Å²) in [5, 5.41) is 5.39. The third-order valence-corrected chi connectivity index (χ3v) is 6.41. The molecule has 0 aromatic carbocycles. The standard InChI is InChI=1S/C32H59N3O13/c1-28(2)29(27-37)34-31(39)7-11-41-13-15-43-17-19-45-21-23-47-25-26-48-24-22-46-20-18-44-16-14-42-12-8-33-30(38)6-9-35(3)32(40)5-4-10-36/h10,27-29H,4-9,11-26H2,1-3H3,(H,33,38)(H,34,39). The van der Waals surface area contributed by atoms with Gasteiger partial charge in [0.1, 0.15) is 12.6 Å². The molecule has 0 aliphatic heterocycles. The molecular formula is C32H59N3O13. The Morgan fingerprint density at radius 2 is 1.00 bits per heavy atom. The Morgan fingerprint density at radius 3 is 1.40 bits per heavy atom. The van der Waals surface area contributed by atoms with Crippen molar-refractivity contribution in [3.63, 3.8) is 0 Å². The van der Waals surface area contributed by atoms with Crippen molar-refractivity contribution in [1.29, 1.82) is 0 Å². The summed E-state index contributed by atoms with van der Waals surface area (Å²) < 4.78 is 43.4. The highest BCUT2D eigenvalue weighted by Crippen LogP contribution is 1.99. The Bertz CT molecular complexity index is 820. The summed E-state index contributed by atoms with van der Waals surface area (Å²) >= 11 is 0. The van der Waals surface area contributed by atoms with Crippen LogP contribution in [0.1, 0.15) is 39.5 Å². The van der Waals surface area contributed by atoms with Gasteiger partial charge in [0.05, 0.1) is 112 Å². The Hall–Kier alpha value is -2.57. The average molecular weight is 694 g/mol. The van der Waals surface area contributed by atoms with Crippen LogP contribution in [0.3, 0.4) is 0 Å². The van der Waals surface area contributed by atoms with E-state index >= 15 is 0 Å². The summed E-state index contributed by atoms with van der Waals surface area (Å²) in [5.74, 6) is -0.488. The van der Waals surface area contributed by atoms with Crippen LogP contribution in [0.15, 0.2) is 0 Å². The molecule has 16 heteroatoms. The quantitative estimate of drug-likeness (QED) is 0.0650. The number of nitrogens with one attached hydrogen (secondary N) is 2. The first-order valence-electron chi connectivity index (χ1n) is 16.6. The minimum Gasteiger partial charge on any atom is -0.379 e. The fourth-order valence-electron chi connectivity index (χ4n) is 3.54. The molecule has 0 aromatic rings. The van der Waals surface area contributed by atoms with Gasteiger partial charge < -0.3 is 63.0 Å². The lowest BCUT2D eigenvalue weighted by Crippen LogP contribution is -2.40. The van der Waals surface area contributed by atoms with Crippen molar-refractivity contribution >= 4 is 30.3 Å². The molecule has 0 saturated heterocycles. The summed E-state index contributed by atoms with van der Waals surface area (Å²) in [6, 6.07) is -0.473. The third-order valence-electron chi connectivity index (χ3n) is 6.41. The predicted molar refractivity (Wildman–Crippen MR) is 175 cm³/mol. The first-order valence-corrected chi connectivity index (χ1v) is 16.6. The number of hydrogen-bond acceptors (Lipinski definition) is 13. The minimum atomic E-state index is -0.473. The van der Waals surface area contributed by atoms with Gasteiger partial charge in [-0.1, -0.05) is 13.8 Å². The monoisotopic (exact) mass is 693 g/mol. The second-order valence-corrected chi connectivity index (χ2v) is 10.7.